The predicted octanol–water partition coefficient (Wildman–Crippen LogP) is 0.0822. The molecule has 3 nitrogen and oxygen atoms in total. The lowest BCUT2D eigenvalue weighted by molar-refractivity contribution is -0.117. The van der Waals surface area contributed by atoms with Gasteiger partial charge in [-0.2, -0.15) is 13.5 Å². The number of carbonyl (C=O) groups is 2. The van der Waals surface area contributed by atoms with E-state index in [-0.39, 0.29) is 24.6 Å². The van der Waals surface area contributed by atoms with Gasteiger partial charge in [-0.3, -0.25) is 14.9 Å². The largest absolute Gasteiger partial charge is 0.286 e. The summed E-state index contributed by atoms with van der Waals surface area (Å²) in [6, 6.07) is 0. The van der Waals surface area contributed by atoms with Crippen LogP contribution in [-0.2, 0) is 4.79 Å². The van der Waals surface area contributed by atoms with Crippen molar-refractivity contribution in [2.24, 2.45) is 0 Å². The summed E-state index contributed by atoms with van der Waals surface area (Å²) in [5, 5.41) is 1.87. The quantitative estimate of drug-likeness (QED) is 0.533. The highest BCUT2D eigenvalue weighted by Gasteiger charge is 2.16. The smallest absolute Gasteiger partial charge is 0.286 e. The molecule has 1 rings (SSSR count). The summed E-state index contributed by atoms with van der Waals surface area (Å²) in [7, 11) is 0. The minimum atomic E-state index is -0.231. The predicted molar refractivity (Wildman–Crippen MR) is 36.4 cm³/mol. The van der Waals surface area contributed by atoms with E-state index in [1.165, 1.54) is 0 Å². The van der Waals surface area contributed by atoms with E-state index in [9.17, 15) is 9.59 Å². The fourth-order valence-corrected chi connectivity index (χ4v) is 0.837. The molecule has 0 saturated carbocycles. The van der Waals surface area contributed by atoms with Crippen LogP contribution < -0.4 is 5.32 Å². The third-order valence-electron chi connectivity index (χ3n) is 0.576. The molecule has 0 atom stereocenters. The van der Waals surface area contributed by atoms with Crippen molar-refractivity contribution in [1.82, 2.24) is 5.32 Å². The number of imide groups is 1. The Morgan fingerprint density at radius 1 is 1.50 bits per heavy atom. The molecule has 1 aliphatic heterocycles. The summed E-state index contributed by atoms with van der Waals surface area (Å²) in [5.41, 5.74) is 0. The molecule has 0 aromatic carbocycles. The monoisotopic (exact) mass is 151 g/mol. The Balaban J connectivity index is 0.000000490. The molecule has 0 aromatic rings. The van der Waals surface area contributed by atoms with Gasteiger partial charge in [0.1, 0.15) is 0 Å². The maximum atomic E-state index is 10.1. The van der Waals surface area contributed by atoms with Gasteiger partial charge in [-0.1, -0.05) is 11.8 Å². The van der Waals surface area contributed by atoms with Crippen molar-refractivity contribution in [2.75, 3.05) is 5.75 Å². The molecule has 1 saturated heterocycles. The summed E-state index contributed by atoms with van der Waals surface area (Å²) in [6.07, 6.45) is 0. The Labute approximate surface area is 57.7 Å². The minimum Gasteiger partial charge on any atom is -0.286 e. The van der Waals surface area contributed by atoms with Crippen LogP contribution in [0.25, 0.3) is 0 Å². The van der Waals surface area contributed by atoms with Crippen molar-refractivity contribution >= 4 is 36.4 Å². The molecule has 0 aliphatic carbocycles. The first-order valence-electron chi connectivity index (χ1n) is 1.75. The summed E-state index contributed by atoms with van der Waals surface area (Å²) in [6.45, 7) is 0. The van der Waals surface area contributed by atoms with Crippen molar-refractivity contribution in [3.8, 4) is 0 Å². The van der Waals surface area contributed by atoms with E-state index in [1.54, 1.807) is 0 Å². The normalized spacial score (nSPS) is 17.5. The molecule has 1 aliphatic rings. The van der Waals surface area contributed by atoms with Crippen molar-refractivity contribution in [3.63, 3.8) is 0 Å². The molecule has 5 heteroatoms. The summed E-state index contributed by atoms with van der Waals surface area (Å²) < 4.78 is 0. The van der Waals surface area contributed by atoms with E-state index in [1.807, 2.05) is 0 Å². The molecular weight excluding hydrogens is 146 g/mol. The maximum Gasteiger partial charge on any atom is 0.286 e. The average Bonchev–Trinajstić information content (AvgIpc) is 1.87. The molecule has 0 bridgehead atoms. The topological polar surface area (TPSA) is 46.2 Å². The zero-order chi connectivity index (χ0) is 5.28. The van der Waals surface area contributed by atoms with Crippen LogP contribution in [0.3, 0.4) is 0 Å². The Morgan fingerprint density at radius 2 is 2.12 bits per heavy atom. The number of nitrogens with one attached hydrogen (secondary N) is 1. The third-order valence-corrected chi connectivity index (χ3v) is 1.35. The van der Waals surface area contributed by atoms with Crippen LogP contribution in [0.4, 0.5) is 4.79 Å². The van der Waals surface area contributed by atoms with Gasteiger partial charge in [0.05, 0.1) is 5.75 Å². The number of hydrogen-bond acceptors (Lipinski definition) is 3. The fourth-order valence-electron chi connectivity index (χ4n) is 0.317. The van der Waals surface area contributed by atoms with Gasteiger partial charge < -0.3 is 0 Å². The van der Waals surface area contributed by atoms with E-state index >= 15 is 0 Å². The first-order valence-corrected chi connectivity index (χ1v) is 2.74. The molecular formula is C3H5NO2S2. The van der Waals surface area contributed by atoms with Gasteiger partial charge in [-0.25, -0.2) is 0 Å². The van der Waals surface area contributed by atoms with Gasteiger partial charge in [0.15, 0.2) is 0 Å². The van der Waals surface area contributed by atoms with Gasteiger partial charge in [-0.15, -0.1) is 0 Å². The molecule has 1 N–H and O–H groups in total. The second kappa shape index (κ2) is 2.99. The minimum absolute atomic E-state index is 0. The van der Waals surface area contributed by atoms with Crippen molar-refractivity contribution in [3.05, 3.63) is 0 Å². The van der Waals surface area contributed by atoms with Gasteiger partial charge in [0.25, 0.3) is 5.24 Å². The number of amides is 2. The van der Waals surface area contributed by atoms with Gasteiger partial charge >= 0.3 is 0 Å². The highest BCUT2D eigenvalue weighted by Crippen LogP contribution is 2.06. The standard InChI is InChI=1S/C3H3NO2S.H2S/c5-2-1-7-3(6)4-2;/h1H2,(H,4,5,6);1H2. The second-order valence-corrected chi connectivity index (χ2v) is 2.07. The van der Waals surface area contributed by atoms with Crippen LogP contribution in [0.5, 0.6) is 0 Å². The van der Waals surface area contributed by atoms with Crippen molar-refractivity contribution in [1.29, 1.82) is 0 Å². The Bertz CT molecular complexity index is 110. The van der Waals surface area contributed by atoms with Crippen LogP contribution in [0.1, 0.15) is 0 Å². The first kappa shape index (κ1) is 7.84. The van der Waals surface area contributed by atoms with Gasteiger partial charge in [0, 0.05) is 0 Å². The lowest BCUT2D eigenvalue weighted by atomic mass is 10.7. The molecule has 0 radical (unpaired) electrons. The number of thioether (sulfide) groups is 1. The first-order chi connectivity index (χ1) is 3.29. The maximum absolute atomic E-state index is 10.1. The van der Waals surface area contributed by atoms with Crippen LogP contribution in [0.2, 0.25) is 0 Å². The van der Waals surface area contributed by atoms with Crippen LogP contribution in [-0.4, -0.2) is 16.9 Å². The van der Waals surface area contributed by atoms with E-state index < -0.39 is 0 Å². The Morgan fingerprint density at radius 3 is 2.25 bits per heavy atom. The van der Waals surface area contributed by atoms with E-state index in [4.69, 9.17) is 0 Å². The van der Waals surface area contributed by atoms with Crippen LogP contribution >= 0.6 is 25.3 Å². The molecule has 0 unspecified atom stereocenters. The SMILES string of the molecule is O=C1CSC(=O)N1.S. The second-order valence-electron chi connectivity index (χ2n) is 1.12. The van der Waals surface area contributed by atoms with E-state index in [0.717, 1.165) is 11.8 Å². The fraction of sp³-hybridized carbons (Fsp3) is 0.333. The molecule has 0 spiro atoms. The molecule has 46 valence electrons. The third kappa shape index (κ3) is 1.75. The van der Waals surface area contributed by atoms with E-state index in [0.29, 0.717) is 5.75 Å². The van der Waals surface area contributed by atoms with Gasteiger partial charge in [0.2, 0.25) is 5.91 Å². The molecule has 8 heavy (non-hydrogen) atoms. The number of hydrogen-bond donors (Lipinski definition) is 1. The molecule has 0 aromatic heterocycles. The summed E-state index contributed by atoms with van der Waals surface area (Å²) in [5.74, 6) is 0.105. The van der Waals surface area contributed by atoms with Gasteiger partial charge in [-0.05, 0) is 0 Å². The molecule has 1 fully saturated rings. The number of rotatable bonds is 0. The summed E-state index contributed by atoms with van der Waals surface area (Å²) >= 11 is 1.01. The average molecular weight is 151 g/mol. The summed E-state index contributed by atoms with van der Waals surface area (Å²) in [4.78, 5) is 20.2. The van der Waals surface area contributed by atoms with Crippen molar-refractivity contribution < 1.29 is 9.59 Å². The lowest BCUT2D eigenvalue weighted by Crippen LogP contribution is -2.18. The highest BCUT2D eigenvalue weighted by atomic mass is 32.2. The zero-order valence-electron chi connectivity index (χ0n) is 3.93. The van der Waals surface area contributed by atoms with Crippen molar-refractivity contribution in [2.45, 2.75) is 0 Å². The zero-order valence-corrected chi connectivity index (χ0v) is 5.75. The molecule has 1 heterocycles. The highest BCUT2D eigenvalue weighted by molar-refractivity contribution is 8.14. The number of carbonyl (C=O) groups excluding carboxylic acids is 2. The molecule has 2 amide bonds. The Hall–Kier alpha value is -0.160. The lowest BCUT2D eigenvalue weighted by Gasteiger charge is -1.77. The van der Waals surface area contributed by atoms with E-state index in [2.05, 4.69) is 5.32 Å². The Kier molecular flexibility index (Phi) is 2.93. The van der Waals surface area contributed by atoms with Crippen LogP contribution in [0, 0.1) is 0 Å². The van der Waals surface area contributed by atoms with Crippen LogP contribution in [0.15, 0.2) is 0 Å².